The van der Waals surface area contributed by atoms with Gasteiger partial charge in [0.15, 0.2) is 5.82 Å². The number of nitrogens with zero attached hydrogens (tertiary/aromatic N) is 3. The number of carbonyl (C=O) groups excluding carboxylic acids is 1. The van der Waals surface area contributed by atoms with E-state index in [9.17, 15) is 4.79 Å². The van der Waals surface area contributed by atoms with Crippen LogP contribution in [-0.2, 0) is 16.1 Å². The van der Waals surface area contributed by atoms with E-state index in [4.69, 9.17) is 9.26 Å². The van der Waals surface area contributed by atoms with E-state index < -0.39 is 0 Å². The van der Waals surface area contributed by atoms with Crippen LogP contribution in [0, 0.1) is 0 Å². The van der Waals surface area contributed by atoms with Crippen LogP contribution >= 0.6 is 0 Å². The van der Waals surface area contributed by atoms with Crippen molar-refractivity contribution in [3.8, 4) is 11.5 Å². The summed E-state index contributed by atoms with van der Waals surface area (Å²) < 4.78 is 10.1. The maximum absolute atomic E-state index is 11.3. The molecule has 0 aliphatic heterocycles. The van der Waals surface area contributed by atoms with Crippen molar-refractivity contribution in [3.05, 3.63) is 36.2 Å². The molecular weight excluding hydrogens is 258 g/mol. The molecule has 0 N–H and O–H groups in total. The van der Waals surface area contributed by atoms with Crippen molar-refractivity contribution in [2.45, 2.75) is 13.5 Å². The highest BCUT2D eigenvalue weighted by molar-refractivity contribution is 5.71. The number of likely N-dealkylation sites (N-methyl/N-ethyl adjacent to an activating group) is 1. The van der Waals surface area contributed by atoms with Crippen LogP contribution in [0.2, 0.25) is 0 Å². The van der Waals surface area contributed by atoms with E-state index in [-0.39, 0.29) is 12.5 Å². The molecule has 0 atom stereocenters. The molecule has 2 aromatic rings. The first-order valence-electron chi connectivity index (χ1n) is 6.41. The highest BCUT2D eigenvalue weighted by Crippen LogP contribution is 2.16. The van der Waals surface area contributed by atoms with Crippen LogP contribution in [0.25, 0.3) is 11.5 Å². The van der Waals surface area contributed by atoms with Crippen LogP contribution in [0.15, 0.2) is 34.9 Å². The Morgan fingerprint density at radius 3 is 2.80 bits per heavy atom. The molecule has 1 aromatic carbocycles. The molecule has 106 valence electrons. The van der Waals surface area contributed by atoms with Gasteiger partial charge in [-0.25, -0.2) is 0 Å². The van der Waals surface area contributed by atoms with Crippen LogP contribution in [0.5, 0.6) is 0 Å². The number of hydrogen-bond acceptors (Lipinski definition) is 6. The lowest BCUT2D eigenvalue weighted by Gasteiger charge is -2.12. The average molecular weight is 275 g/mol. The number of ether oxygens (including phenoxy) is 1. The molecule has 0 aliphatic carbocycles. The van der Waals surface area contributed by atoms with Gasteiger partial charge in [-0.1, -0.05) is 23.4 Å². The summed E-state index contributed by atoms with van der Waals surface area (Å²) in [6.07, 6.45) is 0. The predicted octanol–water partition coefficient (Wildman–Crippen LogP) is 1.73. The lowest BCUT2D eigenvalue weighted by molar-refractivity contribution is -0.144. The Kier molecular flexibility index (Phi) is 4.84. The minimum Gasteiger partial charge on any atom is -0.465 e. The first-order valence-corrected chi connectivity index (χ1v) is 6.41. The Morgan fingerprint density at radius 2 is 2.10 bits per heavy atom. The zero-order valence-electron chi connectivity index (χ0n) is 11.6. The van der Waals surface area contributed by atoms with Gasteiger partial charge in [-0.05, 0) is 26.1 Å². The number of aromatic nitrogens is 2. The van der Waals surface area contributed by atoms with Gasteiger partial charge in [0, 0.05) is 5.56 Å². The molecule has 1 heterocycles. The minimum atomic E-state index is -0.262. The second-order valence-corrected chi connectivity index (χ2v) is 4.36. The van der Waals surface area contributed by atoms with Gasteiger partial charge in [-0.3, -0.25) is 9.69 Å². The van der Waals surface area contributed by atoms with Gasteiger partial charge in [0.25, 0.3) is 5.89 Å². The molecule has 0 bridgehead atoms. The van der Waals surface area contributed by atoms with Crippen LogP contribution in [0.1, 0.15) is 12.7 Å². The monoisotopic (exact) mass is 275 g/mol. The molecule has 6 nitrogen and oxygen atoms in total. The summed E-state index contributed by atoms with van der Waals surface area (Å²) >= 11 is 0. The molecule has 20 heavy (non-hydrogen) atoms. The smallest absolute Gasteiger partial charge is 0.320 e. The predicted molar refractivity (Wildman–Crippen MR) is 72.7 cm³/mol. The van der Waals surface area contributed by atoms with E-state index in [0.29, 0.717) is 24.9 Å². The molecule has 0 spiro atoms. The van der Waals surface area contributed by atoms with E-state index in [1.807, 2.05) is 30.3 Å². The number of esters is 1. The molecule has 0 unspecified atom stereocenters. The molecule has 0 saturated heterocycles. The third-order valence-electron chi connectivity index (χ3n) is 2.60. The molecule has 0 aliphatic rings. The van der Waals surface area contributed by atoms with Gasteiger partial charge in [-0.15, -0.1) is 0 Å². The molecule has 0 amide bonds. The number of rotatable bonds is 6. The molecule has 2 rings (SSSR count). The fourth-order valence-corrected chi connectivity index (χ4v) is 1.74. The normalized spacial score (nSPS) is 10.8. The summed E-state index contributed by atoms with van der Waals surface area (Å²) in [5, 5.41) is 3.91. The van der Waals surface area contributed by atoms with Crippen LogP contribution in [0.4, 0.5) is 0 Å². The first kappa shape index (κ1) is 14.2. The lowest BCUT2D eigenvalue weighted by atomic mass is 10.2. The molecule has 0 radical (unpaired) electrons. The Hall–Kier alpha value is -2.21. The van der Waals surface area contributed by atoms with Crippen molar-refractivity contribution in [2.75, 3.05) is 20.2 Å². The van der Waals surface area contributed by atoms with Gasteiger partial charge in [0.2, 0.25) is 0 Å². The molecule has 0 fully saturated rings. The Balaban J connectivity index is 1.94. The topological polar surface area (TPSA) is 68.5 Å². The molecule has 1 aromatic heterocycles. The molecule has 6 heteroatoms. The first-order chi connectivity index (χ1) is 9.69. The second-order valence-electron chi connectivity index (χ2n) is 4.36. The van der Waals surface area contributed by atoms with Gasteiger partial charge < -0.3 is 9.26 Å². The lowest BCUT2D eigenvalue weighted by Crippen LogP contribution is -2.27. The quantitative estimate of drug-likeness (QED) is 0.748. The van der Waals surface area contributed by atoms with Gasteiger partial charge in [0.1, 0.15) is 0 Å². The zero-order chi connectivity index (χ0) is 14.4. The summed E-state index contributed by atoms with van der Waals surface area (Å²) in [4.78, 5) is 17.4. The summed E-state index contributed by atoms with van der Waals surface area (Å²) in [5.41, 5.74) is 0.874. The summed E-state index contributed by atoms with van der Waals surface area (Å²) in [6.45, 7) is 2.79. The zero-order valence-corrected chi connectivity index (χ0v) is 11.6. The SMILES string of the molecule is CCOC(=O)CN(C)Cc1noc(-c2ccccc2)n1. The Bertz CT molecular complexity index is 554. The van der Waals surface area contributed by atoms with E-state index >= 15 is 0 Å². The highest BCUT2D eigenvalue weighted by atomic mass is 16.5. The fraction of sp³-hybridized carbons (Fsp3) is 0.357. The second kappa shape index (κ2) is 6.81. The standard InChI is InChI=1S/C14H17N3O3/c1-3-19-13(18)10-17(2)9-12-15-14(20-16-12)11-7-5-4-6-8-11/h4-8H,3,9-10H2,1-2H3. The maximum Gasteiger partial charge on any atom is 0.320 e. The number of benzene rings is 1. The minimum absolute atomic E-state index is 0.197. The van der Waals surface area contributed by atoms with Crippen LogP contribution < -0.4 is 0 Å². The average Bonchev–Trinajstić information content (AvgIpc) is 2.88. The van der Waals surface area contributed by atoms with Crippen molar-refractivity contribution in [1.82, 2.24) is 15.0 Å². The van der Waals surface area contributed by atoms with Crippen LogP contribution in [-0.4, -0.2) is 41.2 Å². The van der Waals surface area contributed by atoms with E-state index in [1.54, 1.807) is 18.9 Å². The van der Waals surface area contributed by atoms with Crippen molar-refractivity contribution >= 4 is 5.97 Å². The van der Waals surface area contributed by atoms with Crippen LogP contribution in [0.3, 0.4) is 0 Å². The van der Waals surface area contributed by atoms with E-state index in [2.05, 4.69) is 10.1 Å². The Labute approximate surface area is 117 Å². The van der Waals surface area contributed by atoms with Gasteiger partial charge in [0.05, 0.1) is 19.7 Å². The van der Waals surface area contributed by atoms with Crippen molar-refractivity contribution in [1.29, 1.82) is 0 Å². The number of carbonyl (C=O) groups is 1. The maximum atomic E-state index is 11.3. The van der Waals surface area contributed by atoms with Crippen molar-refractivity contribution in [2.24, 2.45) is 0 Å². The largest absolute Gasteiger partial charge is 0.465 e. The fourth-order valence-electron chi connectivity index (χ4n) is 1.74. The third kappa shape index (κ3) is 3.89. The molecule has 0 saturated carbocycles. The van der Waals surface area contributed by atoms with E-state index in [1.165, 1.54) is 0 Å². The van der Waals surface area contributed by atoms with Gasteiger partial charge >= 0.3 is 5.97 Å². The Morgan fingerprint density at radius 1 is 1.35 bits per heavy atom. The van der Waals surface area contributed by atoms with E-state index in [0.717, 1.165) is 5.56 Å². The van der Waals surface area contributed by atoms with Crippen molar-refractivity contribution in [3.63, 3.8) is 0 Å². The molecular formula is C14H17N3O3. The summed E-state index contributed by atoms with van der Waals surface area (Å²) in [5.74, 6) is 0.752. The number of hydrogen-bond donors (Lipinski definition) is 0. The van der Waals surface area contributed by atoms with Gasteiger partial charge in [-0.2, -0.15) is 4.98 Å². The van der Waals surface area contributed by atoms with Crippen molar-refractivity contribution < 1.29 is 14.1 Å². The third-order valence-corrected chi connectivity index (χ3v) is 2.60. The highest BCUT2D eigenvalue weighted by Gasteiger charge is 2.12. The summed E-state index contributed by atoms with van der Waals surface area (Å²) in [6, 6.07) is 9.55. The summed E-state index contributed by atoms with van der Waals surface area (Å²) in [7, 11) is 1.80.